The van der Waals surface area contributed by atoms with Crippen LogP contribution in [0.4, 0.5) is 22.1 Å². The predicted molar refractivity (Wildman–Crippen MR) is 93.8 cm³/mol. The van der Waals surface area contributed by atoms with Crippen LogP contribution in [0.3, 0.4) is 0 Å². The number of rotatable bonds is 4. The van der Waals surface area contributed by atoms with E-state index in [4.69, 9.17) is 10.5 Å². The van der Waals surface area contributed by atoms with Gasteiger partial charge in [0.25, 0.3) is 5.91 Å². The second kappa shape index (κ2) is 7.47. The van der Waals surface area contributed by atoms with Crippen LogP contribution in [0.5, 0.6) is 0 Å². The summed E-state index contributed by atoms with van der Waals surface area (Å²) in [6, 6.07) is 6.34. The Hall–Kier alpha value is -3.36. The Kier molecular flexibility index (Phi) is 5.38. The number of nitrogens with zero attached hydrogens (tertiary/aromatic N) is 2. The van der Waals surface area contributed by atoms with Gasteiger partial charge in [0, 0.05) is 6.20 Å². The molecule has 0 aliphatic rings. The van der Waals surface area contributed by atoms with Crippen molar-refractivity contribution in [2.45, 2.75) is 26.4 Å². The fraction of sp³-hybridized carbons (Fsp3) is 0.250. The minimum atomic E-state index is -0.632. The first-order chi connectivity index (χ1) is 11.7. The van der Waals surface area contributed by atoms with E-state index >= 15 is 0 Å². The number of hydrogen-bond donors (Lipinski definition) is 4. The third-order valence-electron chi connectivity index (χ3n) is 2.76. The van der Waals surface area contributed by atoms with Crippen molar-refractivity contribution in [3.05, 3.63) is 42.2 Å². The molecule has 0 bridgehead atoms. The van der Waals surface area contributed by atoms with Crippen molar-refractivity contribution >= 4 is 29.3 Å². The lowest BCUT2D eigenvalue weighted by atomic mass is 10.2. The molecule has 0 aliphatic heterocycles. The molecule has 25 heavy (non-hydrogen) atoms. The lowest BCUT2D eigenvalue weighted by molar-refractivity contribution is 0.0540. The van der Waals surface area contributed by atoms with Crippen LogP contribution < -0.4 is 21.9 Å². The Bertz CT molecular complexity index is 738. The number of carbonyl (C=O) groups excluding carboxylic acids is 2. The summed E-state index contributed by atoms with van der Waals surface area (Å²) >= 11 is 0. The van der Waals surface area contributed by atoms with Crippen LogP contribution >= 0.6 is 0 Å². The zero-order valence-electron chi connectivity index (χ0n) is 14.2. The molecule has 5 N–H and O–H groups in total. The Labute approximate surface area is 145 Å². The topological polar surface area (TPSA) is 131 Å². The summed E-state index contributed by atoms with van der Waals surface area (Å²) in [5, 5.41) is 2.67. The molecule has 0 radical (unpaired) electrons. The molecule has 0 aromatic carbocycles. The quantitative estimate of drug-likeness (QED) is 0.625. The maximum absolute atomic E-state index is 12.1. The van der Waals surface area contributed by atoms with Crippen molar-refractivity contribution in [3.8, 4) is 0 Å². The van der Waals surface area contributed by atoms with Crippen molar-refractivity contribution in [3.63, 3.8) is 0 Å². The Morgan fingerprint density at radius 3 is 2.40 bits per heavy atom. The van der Waals surface area contributed by atoms with Gasteiger partial charge in [-0.3, -0.25) is 10.2 Å². The average molecular weight is 344 g/mol. The van der Waals surface area contributed by atoms with E-state index in [0.717, 1.165) is 0 Å². The number of ether oxygens (including phenoxy) is 1. The smallest absolute Gasteiger partial charge is 0.426 e. The summed E-state index contributed by atoms with van der Waals surface area (Å²) in [6.45, 7) is 5.28. The van der Waals surface area contributed by atoms with Crippen LogP contribution in [0.25, 0.3) is 0 Å². The first-order valence-corrected chi connectivity index (χ1v) is 7.47. The minimum Gasteiger partial charge on any atom is -0.443 e. The molecule has 132 valence electrons. The number of aromatic nitrogens is 2. The second-order valence-electron chi connectivity index (χ2n) is 6.11. The summed E-state index contributed by atoms with van der Waals surface area (Å²) in [5.74, 6) is 0.384. The highest BCUT2D eigenvalue weighted by Crippen LogP contribution is 2.11. The van der Waals surface area contributed by atoms with Crippen LogP contribution in [0.15, 0.2) is 36.7 Å². The van der Waals surface area contributed by atoms with Gasteiger partial charge in [0.05, 0.1) is 17.4 Å². The van der Waals surface area contributed by atoms with Crippen LogP contribution in [-0.4, -0.2) is 27.6 Å². The molecule has 0 fully saturated rings. The van der Waals surface area contributed by atoms with Crippen molar-refractivity contribution in [1.29, 1.82) is 0 Å². The predicted octanol–water partition coefficient (Wildman–Crippen LogP) is 2.16. The molecule has 2 rings (SSSR count). The number of pyridine rings is 2. The molecule has 0 unspecified atom stereocenters. The monoisotopic (exact) mass is 344 g/mol. The number of carbonyl (C=O) groups is 2. The third kappa shape index (κ3) is 5.98. The maximum Gasteiger partial charge on any atom is 0.426 e. The minimum absolute atomic E-state index is 0.342. The van der Waals surface area contributed by atoms with Gasteiger partial charge in [-0.15, -0.1) is 0 Å². The normalized spacial score (nSPS) is 10.7. The lowest BCUT2D eigenvalue weighted by Crippen LogP contribution is -2.36. The maximum atomic E-state index is 12.1. The number of amides is 2. The van der Waals surface area contributed by atoms with Gasteiger partial charge in [-0.25, -0.2) is 20.2 Å². The van der Waals surface area contributed by atoms with Crippen molar-refractivity contribution in [2.24, 2.45) is 0 Å². The summed E-state index contributed by atoms with van der Waals surface area (Å²) in [5.41, 5.74) is 10.7. The zero-order chi connectivity index (χ0) is 18.4. The van der Waals surface area contributed by atoms with E-state index in [9.17, 15) is 9.59 Å². The number of nitrogen functional groups attached to an aromatic ring is 1. The van der Waals surface area contributed by atoms with Gasteiger partial charge < -0.3 is 15.8 Å². The van der Waals surface area contributed by atoms with Crippen molar-refractivity contribution < 1.29 is 14.3 Å². The van der Waals surface area contributed by atoms with Gasteiger partial charge in [-0.2, -0.15) is 0 Å². The van der Waals surface area contributed by atoms with E-state index in [2.05, 4.69) is 26.1 Å². The Balaban J connectivity index is 1.89. The molecular weight excluding hydrogens is 324 g/mol. The molecule has 0 aliphatic carbocycles. The standard InChI is InChI=1S/C16H20N6O3/c1-16(2,3)25-15(24)22-21-13-7-4-10(8-19-13)14(23)20-11-5-6-12(17)18-9-11/h4-9H,1-3H3,(H2,17,18)(H,19,21)(H,20,23)(H,22,24). The molecule has 2 aromatic rings. The van der Waals surface area contributed by atoms with Gasteiger partial charge in [-0.05, 0) is 45.0 Å². The summed E-state index contributed by atoms with van der Waals surface area (Å²) < 4.78 is 5.08. The van der Waals surface area contributed by atoms with Gasteiger partial charge >= 0.3 is 6.09 Å². The number of nitrogens with two attached hydrogens (primary N) is 1. The first kappa shape index (κ1) is 18.0. The van der Waals surface area contributed by atoms with E-state index < -0.39 is 11.7 Å². The first-order valence-electron chi connectivity index (χ1n) is 7.47. The molecule has 2 amide bonds. The zero-order valence-corrected chi connectivity index (χ0v) is 14.2. The molecule has 0 spiro atoms. The molecular formula is C16H20N6O3. The summed E-state index contributed by atoms with van der Waals surface area (Å²) in [6.07, 6.45) is 2.20. The van der Waals surface area contributed by atoms with Crippen LogP contribution in [0.2, 0.25) is 0 Å². The van der Waals surface area contributed by atoms with Crippen molar-refractivity contribution in [1.82, 2.24) is 15.4 Å². The third-order valence-corrected chi connectivity index (χ3v) is 2.76. The fourth-order valence-electron chi connectivity index (χ4n) is 1.70. The summed E-state index contributed by atoms with van der Waals surface area (Å²) in [7, 11) is 0. The highest BCUT2D eigenvalue weighted by atomic mass is 16.6. The molecule has 2 heterocycles. The highest BCUT2D eigenvalue weighted by molar-refractivity contribution is 6.04. The number of hydrogen-bond acceptors (Lipinski definition) is 7. The Morgan fingerprint density at radius 2 is 1.84 bits per heavy atom. The molecule has 2 aromatic heterocycles. The average Bonchev–Trinajstić information content (AvgIpc) is 2.54. The summed E-state index contributed by atoms with van der Waals surface area (Å²) in [4.78, 5) is 31.6. The molecule has 0 atom stereocenters. The van der Waals surface area contributed by atoms with E-state index in [0.29, 0.717) is 22.9 Å². The number of nitrogens with one attached hydrogen (secondary N) is 3. The molecule has 0 saturated carbocycles. The lowest BCUT2D eigenvalue weighted by Gasteiger charge is -2.19. The Morgan fingerprint density at radius 1 is 1.08 bits per heavy atom. The van der Waals surface area contributed by atoms with Crippen molar-refractivity contribution in [2.75, 3.05) is 16.5 Å². The van der Waals surface area contributed by atoms with Gasteiger partial charge in [0.15, 0.2) is 0 Å². The molecule has 9 nitrogen and oxygen atoms in total. The molecule has 9 heteroatoms. The van der Waals surface area contributed by atoms with Gasteiger partial charge in [-0.1, -0.05) is 0 Å². The van der Waals surface area contributed by atoms with Crippen LogP contribution in [-0.2, 0) is 4.74 Å². The van der Waals surface area contributed by atoms with Crippen LogP contribution in [0.1, 0.15) is 31.1 Å². The van der Waals surface area contributed by atoms with E-state index in [1.807, 2.05) is 0 Å². The largest absolute Gasteiger partial charge is 0.443 e. The highest BCUT2D eigenvalue weighted by Gasteiger charge is 2.15. The van der Waals surface area contributed by atoms with Crippen LogP contribution in [0, 0.1) is 0 Å². The van der Waals surface area contributed by atoms with E-state index in [1.165, 1.54) is 12.4 Å². The fourth-order valence-corrected chi connectivity index (χ4v) is 1.70. The number of anilines is 3. The van der Waals surface area contributed by atoms with Gasteiger partial charge in [0.1, 0.15) is 17.2 Å². The second-order valence-corrected chi connectivity index (χ2v) is 6.11. The SMILES string of the molecule is CC(C)(C)OC(=O)NNc1ccc(C(=O)Nc2ccc(N)nc2)cn1. The number of hydrazine groups is 1. The van der Waals surface area contributed by atoms with E-state index in [-0.39, 0.29) is 5.91 Å². The van der Waals surface area contributed by atoms with E-state index in [1.54, 1.807) is 45.0 Å². The van der Waals surface area contributed by atoms with Gasteiger partial charge in [0.2, 0.25) is 0 Å². The molecule has 0 saturated heterocycles.